The molecule has 3 aromatic carbocycles. The largest absolute Gasteiger partial charge is 0.399 e. The number of benzene rings is 3. The Morgan fingerprint density at radius 2 is 1.89 bits per heavy atom. The van der Waals surface area contributed by atoms with Crippen molar-refractivity contribution in [3.63, 3.8) is 0 Å². The average molecular weight is 508 g/mol. The fraction of sp³-hybridized carbons (Fsp3) is 0.290. The minimum absolute atomic E-state index is 0.0670. The van der Waals surface area contributed by atoms with Crippen LogP contribution in [0.5, 0.6) is 0 Å². The Hall–Kier alpha value is -4.00. The van der Waals surface area contributed by atoms with Gasteiger partial charge in [-0.05, 0) is 77.2 Å². The second-order valence-electron chi connectivity index (χ2n) is 10.4. The number of fused-ring (bicyclic) bond motifs is 1. The lowest BCUT2D eigenvalue weighted by Crippen LogP contribution is -2.36. The molecule has 0 radical (unpaired) electrons. The van der Waals surface area contributed by atoms with E-state index in [1.165, 1.54) is 11.1 Å². The molecule has 0 aliphatic rings. The van der Waals surface area contributed by atoms with E-state index in [4.69, 9.17) is 5.73 Å². The number of nitrogens with two attached hydrogens (primary N) is 1. The van der Waals surface area contributed by atoms with Gasteiger partial charge in [0.15, 0.2) is 0 Å². The molecule has 2 atom stereocenters. The van der Waals surface area contributed by atoms with Crippen LogP contribution in [0.1, 0.15) is 60.9 Å². The highest BCUT2D eigenvalue weighted by atomic mass is 16.2. The van der Waals surface area contributed by atoms with E-state index in [2.05, 4.69) is 49.3 Å². The second kappa shape index (κ2) is 11.6. The zero-order chi connectivity index (χ0) is 27.4. The van der Waals surface area contributed by atoms with E-state index in [0.717, 1.165) is 34.8 Å². The summed E-state index contributed by atoms with van der Waals surface area (Å²) in [5, 5.41) is 4.86. The van der Waals surface area contributed by atoms with Gasteiger partial charge < -0.3 is 20.9 Å². The molecule has 0 fully saturated rings. The van der Waals surface area contributed by atoms with Crippen LogP contribution in [-0.2, 0) is 11.3 Å². The number of amides is 1. The van der Waals surface area contributed by atoms with Crippen LogP contribution in [0.2, 0.25) is 0 Å². The number of nitrogens with one attached hydrogen (secondary N) is 2. The summed E-state index contributed by atoms with van der Waals surface area (Å²) >= 11 is 0. The number of nitrogen functional groups attached to an aromatic ring is 1. The van der Waals surface area contributed by atoms with Crippen LogP contribution in [0.3, 0.4) is 0 Å². The van der Waals surface area contributed by atoms with Crippen LogP contribution in [0.15, 0.2) is 71.7 Å². The van der Waals surface area contributed by atoms with Crippen LogP contribution in [-0.4, -0.2) is 30.7 Å². The zero-order valence-corrected chi connectivity index (χ0v) is 23.0. The number of aryl methyl sites for hydroxylation is 1. The van der Waals surface area contributed by atoms with E-state index in [9.17, 15) is 9.59 Å². The van der Waals surface area contributed by atoms with Crippen molar-refractivity contribution in [3.05, 3.63) is 99.5 Å². The van der Waals surface area contributed by atoms with Gasteiger partial charge in [0.1, 0.15) is 13.9 Å². The van der Waals surface area contributed by atoms with E-state index in [1.807, 2.05) is 51.3 Å². The Kier molecular flexibility index (Phi) is 8.25. The molecule has 0 spiro atoms. The second-order valence-corrected chi connectivity index (χ2v) is 10.4. The maximum absolute atomic E-state index is 14.0. The first-order valence-corrected chi connectivity index (χ1v) is 13.3. The van der Waals surface area contributed by atoms with Gasteiger partial charge in [0.25, 0.3) is 5.56 Å². The number of likely N-dealkylation sites (N-methyl/N-ethyl adjacent to an activating group) is 1. The molecule has 1 aromatic heterocycles. The fourth-order valence-electron chi connectivity index (χ4n) is 5.16. The minimum atomic E-state index is -0.629. The Morgan fingerprint density at radius 1 is 1.11 bits per heavy atom. The molecule has 0 aliphatic carbocycles. The molecule has 38 heavy (non-hydrogen) atoms. The van der Waals surface area contributed by atoms with E-state index in [1.54, 1.807) is 17.2 Å². The molecule has 0 saturated heterocycles. The van der Waals surface area contributed by atoms with Crippen molar-refractivity contribution < 1.29 is 4.79 Å². The summed E-state index contributed by atoms with van der Waals surface area (Å²) in [5.74, 6) is 0.389. The lowest BCUT2D eigenvalue weighted by atomic mass is 9.89. The van der Waals surface area contributed by atoms with Gasteiger partial charge in [0, 0.05) is 36.6 Å². The number of pyridine rings is 1. The molecule has 4 aromatic rings. The van der Waals surface area contributed by atoms with Crippen LogP contribution in [0.4, 0.5) is 11.4 Å². The van der Waals surface area contributed by atoms with Crippen molar-refractivity contribution in [2.75, 3.05) is 18.1 Å². The SMILES string of the molecule is Bc1ccc(N)cc1CN(C)C(=O)C(Nc1ccc2cc[nH]c(=O)c2c1)c1ccc([C@@H](C)CCC)c(C)c1. The molecule has 0 aliphatic heterocycles. The number of H-pyrrole nitrogens is 1. The Morgan fingerprint density at radius 3 is 2.63 bits per heavy atom. The molecule has 0 saturated carbocycles. The third-order valence-corrected chi connectivity index (χ3v) is 7.37. The van der Waals surface area contributed by atoms with Crippen molar-refractivity contribution >= 4 is 41.4 Å². The number of rotatable bonds is 9. The van der Waals surface area contributed by atoms with E-state index < -0.39 is 6.04 Å². The number of nitrogens with zero attached hydrogens (tertiary/aromatic N) is 1. The van der Waals surface area contributed by atoms with Crippen molar-refractivity contribution in [2.24, 2.45) is 0 Å². The fourth-order valence-corrected chi connectivity index (χ4v) is 5.16. The van der Waals surface area contributed by atoms with Gasteiger partial charge in [-0.3, -0.25) is 9.59 Å². The minimum Gasteiger partial charge on any atom is -0.399 e. The summed E-state index contributed by atoms with van der Waals surface area (Å²) in [7, 11) is 3.84. The lowest BCUT2D eigenvalue weighted by Gasteiger charge is -2.27. The maximum atomic E-state index is 14.0. The van der Waals surface area contributed by atoms with Crippen LogP contribution in [0.25, 0.3) is 10.8 Å². The number of aromatic nitrogens is 1. The molecule has 0 bridgehead atoms. The zero-order valence-electron chi connectivity index (χ0n) is 23.0. The first kappa shape index (κ1) is 27.1. The Labute approximate surface area is 225 Å². The Balaban J connectivity index is 1.71. The maximum Gasteiger partial charge on any atom is 0.255 e. The van der Waals surface area contributed by atoms with Gasteiger partial charge in [-0.25, -0.2) is 0 Å². The molecule has 6 nitrogen and oxygen atoms in total. The molecule has 1 unspecified atom stereocenters. The smallest absolute Gasteiger partial charge is 0.255 e. The van der Waals surface area contributed by atoms with Crippen molar-refractivity contribution in [1.82, 2.24) is 9.88 Å². The summed E-state index contributed by atoms with van der Waals surface area (Å²) in [5.41, 5.74) is 12.7. The topological polar surface area (TPSA) is 91.2 Å². The molecule has 196 valence electrons. The third kappa shape index (κ3) is 5.93. The molecular formula is C31H37BN4O2. The highest BCUT2D eigenvalue weighted by Gasteiger charge is 2.25. The number of anilines is 2. The molecule has 4 N–H and O–H groups in total. The van der Waals surface area contributed by atoms with E-state index >= 15 is 0 Å². The molecular weight excluding hydrogens is 471 g/mol. The normalized spacial score (nSPS) is 12.7. The van der Waals surface area contributed by atoms with Gasteiger partial charge in [0.2, 0.25) is 5.91 Å². The molecule has 1 amide bonds. The number of hydrogen-bond acceptors (Lipinski definition) is 4. The lowest BCUT2D eigenvalue weighted by molar-refractivity contribution is -0.131. The third-order valence-electron chi connectivity index (χ3n) is 7.37. The number of hydrogen-bond donors (Lipinski definition) is 3. The average Bonchev–Trinajstić information content (AvgIpc) is 2.89. The van der Waals surface area contributed by atoms with Gasteiger partial charge in [-0.15, -0.1) is 0 Å². The van der Waals surface area contributed by atoms with Gasteiger partial charge in [-0.1, -0.05) is 56.1 Å². The summed E-state index contributed by atoms with van der Waals surface area (Å²) in [6.45, 7) is 7.00. The van der Waals surface area contributed by atoms with Crippen LogP contribution < -0.4 is 22.1 Å². The van der Waals surface area contributed by atoms with Gasteiger partial charge >= 0.3 is 0 Å². The monoisotopic (exact) mass is 508 g/mol. The highest BCUT2D eigenvalue weighted by molar-refractivity contribution is 6.33. The number of carbonyl (C=O) groups is 1. The van der Waals surface area contributed by atoms with E-state index in [0.29, 0.717) is 29.2 Å². The summed E-state index contributed by atoms with van der Waals surface area (Å²) in [6, 6.07) is 18.9. The predicted octanol–water partition coefficient (Wildman–Crippen LogP) is 4.39. The van der Waals surface area contributed by atoms with Crippen LogP contribution in [0, 0.1) is 6.92 Å². The van der Waals surface area contributed by atoms with Gasteiger partial charge in [-0.2, -0.15) is 0 Å². The van der Waals surface area contributed by atoms with Crippen molar-refractivity contribution in [2.45, 2.75) is 52.1 Å². The Bertz CT molecular complexity index is 1510. The number of carbonyl (C=O) groups excluding carboxylic acids is 1. The first-order chi connectivity index (χ1) is 18.2. The molecule has 1 heterocycles. The van der Waals surface area contributed by atoms with Gasteiger partial charge in [0.05, 0.1) is 0 Å². The predicted molar refractivity (Wildman–Crippen MR) is 161 cm³/mol. The molecule has 7 heteroatoms. The summed E-state index contributed by atoms with van der Waals surface area (Å²) in [4.78, 5) is 30.9. The standard InChI is InChI=1S/C31H37BN4O2/c1-5-6-19(2)26-11-8-22(15-20(26)3)29(31(38)36(4)18-23-16-24(33)9-12-28(23)32)35-25-10-7-21-13-14-34-30(37)27(21)17-25/h7-17,19,29,35H,5-6,18,32-33H2,1-4H3,(H,34,37)/t19-,29?/m0/s1. The summed E-state index contributed by atoms with van der Waals surface area (Å²) < 4.78 is 0. The molecule has 4 rings (SSSR count). The van der Waals surface area contributed by atoms with Crippen molar-refractivity contribution in [1.29, 1.82) is 0 Å². The van der Waals surface area contributed by atoms with E-state index in [-0.39, 0.29) is 11.5 Å². The van der Waals surface area contributed by atoms with Crippen LogP contribution >= 0.6 is 0 Å². The van der Waals surface area contributed by atoms with Crippen molar-refractivity contribution in [3.8, 4) is 0 Å². The quantitative estimate of drug-likeness (QED) is 0.231. The highest BCUT2D eigenvalue weighted by Crippen LogP contribution is 2.29. The summed E-state index contributed by atoms with van der Waals surface area (Å²) in [6.07, 6.45) is 3.89. The first-order valence-electron chi connectivity index (χ1n) is 13.3. The number of aromatic amines is 1.